The van der Waals surface area contributed by atoms with E-state index in [-0.39, 0.29) is 51.7 Å². The third-order valence-corrected chi connectivity index (χ3v) is 5.83. The molecule has 4 aromatic carbocycles. The van der Waals surface area contributed by atoms with Crippen molar-refractivity contribution in [2.45, 2.75) is 66.2 Å². The Kier molecular flexibility index (Phi) is 16.8. The van der Waals surface area contributed by atoms with Crippen LogP contribution >= 0.6 is 0 Å². The molecule has 4 aromatic rings. The first kappa shape index (κ1) is 32.9. The minimum Gasteiger partial charge on any atom is -0.358 e. The van der Waals surface area contributed by atoms with Gasteiger partial charge in [0.05, 0.1) is 0 Å². The first-order valence-electron chi connectivity index (χ1n) is 10.9. The van der Waals surface area contributed by atoms with E-state index in [0.717, 1.165) is 0 Å². The van der Waals surface area contributed by atoms with Crippen molar-refractivity contribution in [3.63, 3.8) is 0 Å². The number of hydrogen-bond donors (Lipinski definition) is 0. The van der Waals surface area contributed by atoms with Gasteiger partial charge in [0.15, 0.2) is 0 Å². The summed E-state index contributed by atoms with van der Waals surface area (Å²) in [6.07, 6.45) is 7.62. The first-order valence-corrected chi connectivity index (χ1v) is 10.9. The molecule has 0 aliphatic carbocycles. The Morgan fingerprint density at radius 3 is 1.31 bits per heavy atom. The summed E-state index contributed by atoms with van der Waals surface area (Å²) in [6.45, 7) is 8.96. The number of unbranched alkanes of at least 4 members (excludes halogenated alkanes) is 2. The van der Waals surface area contributed by atoms with E-state index in [1.54, 1.807) is 11.1 Å². The van der Waals surface area contributed by atoms with Gasteiger partial charge in [0, 0.05) is 11.0 Å². The van der Waals surface area contributed by atoms with E-state index >= 15 is 0 Å². The van der Waals surface area contributed by atoms with Crippen LogP contribution in [-0.4, -0.2) is 11.0 Å². The molecular formula is C30H40HfSi. The average molecular weight is 607 g/mol. The Morgan fingerprint density at radius 2 is 0.969 bits per heavy atom. The maximum Gasteiger partial charge on any atom is 4.00 e. The SMILES string of the molecule is CCCCc1c(C)[cH-]c2ccccc12.CCCCc1c(C)[cH-]c2ccccc12.[CH3-].[CH3-].[Hf+4].[Si]. The van der Waals surface area contributed by atoms with Gasteiger partial charge in [-0.2, -0.15) is 11.1 Å². The van der Waals surface area contributed by atoms with Gasteiger partial charge >= 0.3 is 25.8 Å². The zero-order chi connectivity index (χ0) is 19.9. The number of rotatable bonds is 6. The second kappa shape index (κ2) is 16.4. The summed E-state index contributed by atoms with van der Waals surface area (Å²) in [6, 6.07) is 22.0. The number of benzene rings is 2. The molecule has 4 radical (unpaired) electrons. The van der Waals surface area contributed by atoms with E-state index < -0.39 is 0 Å². The molecule has 0 aromatic heterocycles. The van der Waals surface area contributed by atoms with Crippen LogP contribution < -0.4 is 0 Å². The van der Waals surface area contributed by atoms with Crippen LogP contribution in [-0.2, 0) is 38.7 Å². The summed E-state index contributed by atoms with van der Waals surface area (Å²) >= 11 is 0. The molecule has 0 fully saturated rings. The summed E-state index contributed by atoms with van der Waals surface area (Å²) in [5.74, 6) is 0. The Morgan fingerprint density at radius 1 is 0.625 bits per heavy atom. The molecule has 0 saturated carbocycles. The van der Waals surface area contributed by atoms with Gasteiger partial charge in [0.1, 0.15) is 0 Å². The smallest absolute Gasteiger partial charge is 0.358 e. The van der Waals surface area contributed by atoms with Crippen LogP contribution in [0.15, 0.2) is 60.7 Å². The van der Waals surface area contributed by atoms with Gasteiger partial charge in [0.25, 0.3) is 0 Å². The average Bonchev–Trinajstić information content (AvgIpc) is 3.20. The summed E-state index contributed by atoms with van der Waals surface area (Å²) in [7, 11) is 0. The molecule has 0 N–H and O–H groups in total. The molecule has 0 amide bonds. The van der Waals surface area contributed by atoms with Gasteiger partial charge in [-0.15, -0.1) is 81.2 Å². The number of fused-ring (bicyclic) bond motifs is 2. The molecule has 0 unspecified atom stereocenters. The van der Waals surface area contributed by atoms with Crippen molar-refractivity contribution in [2.75, 3.05) is 0 Å². The monoisotopic (exact) mass is 608 g/mol. The molecular weight excluding hydrogens is 567 g/mol. The first-order chi connectivity index (χ1) is 13.7. The van der Waals surface area contributed by atoms with Crippen molar-refractivity contribution in [1.82, 2.24) is 0 Å². The minimum atomic E-state index is 0. The molecule has 0 spiro atoms. The molecule has 0 aliphatic heterocycles. The fourth-order valence-electron chi connectivity index (χ4n) is 4.23. The van der Waals surface area contributed by atoms with E-state index in [0.29, 0.717) is 0 Å². The Balaban J connectivity index is 0. The molecule has 0 saturated heterocycles. The Hall–Kier alpha value is -1.25. The molecule has 0 heterocycles. The van der Waals surface area contributed by atoms with Crippen LogP contribution in [0.5, 0.6) is 0 Å². The molecule has 0 aliphatic rings. The summed E-state index contributed by atoms with van der Waals surface area (Å²) < 4.78 is 0. The van der Waals surface area contributed by atoms with E-state index in [2.05, 4.69) is 88.4 Å². The van der Waals surface area contributed by atoms with Gasteiger partial charge in [-0.1, -0.05) is 78.4 Å². The molecule has 0 bridgehead atoms. The van der Waals surface area contributed by atoms with Crippen LogP contribution in [0.2, 0.25) is 0 Å². The van der Waals surface area contributed by atoms with Crippen LogP contribution in [0.1, 0.15) is 61.8 Å². The molecule has 4 rings (SSSR count). The topological polar surface area (TPSA) is 0 Å². The maximum absolute atomic E-state index is 2.31. The van der Waals surface area contributed by atoms with Crippen molar-refractivity contribution in [2.24, 2.45) is 0 Å². The molecule has 0 atom stereocenters. The fraction of sp³-hybridized carbons (Fsp3) is 0.333. The van der Waals surface area contributed by atoms with E-state index in [9.17, 15) is 0 Å². The zero-order valence-corrected chi connectivity index (χ0v) is 25.6. The molecule has 0 nitrogen and oxygen atoms in total. The van der Waals surface area contributed by atoms with Gasteiger partial charge in [-0.25, -0.2) is 0 Å². The fourth-order valence-corrected chi connectivity index (χ4v) is 4.23. The second-order valence-electron chi connectivity index (χ2n) is 7.99. The van der Waals surface area contributed by atoms with Gasteiger partial charge in [-0.3, -0.25) is 0 Å². The van der Waals surface area contributed by atoms with Crippen molar-refractivity contribution < 1.29 is 25.8 Å². The Bertz CT molecular complexity index is 938. The summed E-state index contributed by atoms with van der Waals surface area (Å²) in [5.41, 5.74) is 6.03. The largest absolute Gasteiger partial charge is 4.00 e. The van der Waals surface area contributed by atoms with Crippen LogP contribution in [0.4, 0.5) is 0 Å². The number of hydrogen-bond acceptors (Lipinski definition) is 0. The molecule has 32 heavy (non-hydrogen) atoms. The van der Waals surface area contributed by atoms with Gasteiger partial charge < -0.3 is 14.9 Å². The molecule has 168 valence electrons. The Labute approximate surface area is 221 Å². The standard InChI is InChI=1S/2C14H17.2CH3.Hf.Si/c2*1-3-4-8-13-11(2)10-12-7-5-6-9-14(12)13;;;;/h2*5-7,9-10H,3-4,8H2,1-2H3;2*1H3;;/q4*-1;+4;. The molecule has 2 heteroatoms. The van der Waals surface area contributed by atoms with E-state index in [4.69, 9.17) is 0 Å². The van der Waals surface area contributed by atoms with E-state index in [1.807, 2.05) is 0 Å². The van der Waals surface area contributed by atoms with Crippen molar-refractivity contribution in [3.05, 3.63) is 97.8 Å². The summed E-state index contributed by atoms with van der Waals surface area (Å²) in [4.78, 5) is 0. The minimum absolute atomic E-state index is 0. The second-order valence-corrected chi connectivity index (χ2v) is 7.99. The quantitative estimate of drug-likeness (QED) is 0.152. The third-order valence-electron chi connectivity index (χ3n) is 5.83. The maximum atomic E-state index is 2.31. The van der Waals surface area contributed by atoms with Gasteiger partial charge in [-0.05, 0) is 0 Å². The predicted octanol–water partition coefficient (Wildman–Crippen LogP) is 8.94. The van der Waals surface area contributed by atoms with Crippen molar-refractivity contribution in [3.8, 4) is 0 Å². The summed E-state index contributed by atoms with van der Waals surface area (Å²) in [5, 5.41) is 5.71. The third kappa shape index (κ3) is 7.95. The van der Waals surface area contributed by atoms with Crippen molar-refractivity contribution >= 4 is 32.5 Å². The van der Waals surface area contributed by atoms with Crippen LogP contribution in [0.3, 0.4) is 0 Å². The van der Waals surface area contributed by atoms with Crippen molar-refractivity contribution in [1.29, 1.82) is 0 Å². The normalized spacial score (nSPS) is 9.62. The number of aryl methyl sites for hydroxylation is 4. The van der Waals surface area contributed by atoms with Crippen LogP contribution in [0.25, 0.3) is 21.5 Å². The predicted molar refractivity (Wildman–Crippen MR) is 144 cm³/mol. The van der Waals surface area contributed by atoms with Gasteiger partial charge in [0.2, 0.25) is 0 Å². The van der Waals surface area contributed by atoms with Crippen LogP contribution in [0, 0.1) is 28.7 Å². The zero-order valence-electron chi connectivity index (χ0n) is 21.0. The van der Waals surface area contributed by atoms with E-state index in [1.165, 1.54) is 71.2 Å².